The van der Waals surface area contributed by atoms with Gasteiger partial charge in [-0.25, -0.2) is 2.90 Å². The predicted octanol–water partition coefficient (Wildman–Crippen LogP) is 2.43. The van der Waals surface area contributed by atoms with Crippen LogP contribution in [-0.2, 0) is 6.54 Å². The highest BCUT2D eigenvalue weighted by Gasteiger charge is 2.34. The van der Waals surface area contributed by atoms with Crippen molar-refractivity contribution in [1.82, 2.24) is 22.7 Å². The molecule has 3 heterocycles. The maximum absolute atomic E-state index is 10.0. The van der Waals surface area contributed by atoms with Gasteiger partial charge in [0.1, 0.15) is 0 Å². The summed E-state index contributed by atoms with van der Waals surface area (Å²) >= 11 is 2.23. The summed E-state index contributed by atoms with van der Waals surface area (Å²) in [5.74, 6) is 0.907. The van der Waals surface area contributed by atoms with E-state index < -0.39 is 0 Å². The minimum Gasteiger partial charge on any atom is -0.396 e. The lowest BCUT2D eigenvalue weighted by Crippen LogP contribution is -2.36. The molecule has 29 heavy (non-hydrogen) atoms. The molecule has 0 aliphatic carbocycles. The van der Waals surface area contributed by atoms with E-state index in [0.29, 0.717) is 11.8 Å². The summed E-state index contributed by atoms with van der Waals surface area (Å²) in [6, 6.07) is 10.4. The van der Waals surface area contributed by atoms with Gasteiger partial charge in [0.15, 0.2) is 0 Å². The monoisotopic (exact) mass is 509 g/mol. The Labute approximate surface area is 188 Å². The molecule has 0 saturated carbocycles. The quantitative estimate of drug-likeness (QED) is 0.607. The first-order valence-corrected chi connectivity index (χ1v) is 11.6. The minimum atomic E-state index is 0.284. The Morgan fingerprint density at radius 1 is 1.03 bits per heavy atom. The molecule has 2 aliphatic rings. The molecule has 158 valence electrons. The Morgan fingerprint density at radius 3 is 2.62 bits per heavy atom. The predicted molar refractivity (Wildman–Crippen MR) is 125 cm³/mol. The standard InChI is InChI=1S/C22H32IN5O/c1-25-8-5-9-26(11-10-25)12-19-13-27(15-21(19)17-29)14-20-16-28(23)24-22(20)18-6-3-2-4-7-18/h2-4,6-7,16,19,21,29H,5,8-15,17H2,1H3. The second-order valence-corrected chi connectivity index (χ2v) is 9.60. The van der Waals surface area contributed by atoms with E-state index in [1.807, 2.05) is 8.96 Å². The van der Waals surface area contributed by atoms with Crippen molar-refractivity contribution in [2.75, 3.05) is 59.5 Å². The van der Waals surface area contributed by atoms with Crippen LogP contribution in [0.3, 0.4) is 0 Å². The van der Waals surface area contributed by atoms with Crippen molar-refractivity contribution in [2.45, 2.75) is 13.0 Å². The van der Waals surface area contributed by atoms with Gasteiger partial charge in [-0.1, -0.05) is 30.3 Å². The Balaban J connectivity index is 1.42. The fourth-order valence-electron chi connectivity index (χ4n) is 4.77. The van der Waals surface area contributed by atoms with Crippen molar-refractivity contribution in [2.24, 2.45) is 11.8 Å². The molecule has 1 N–H and O–H groups in total. The average molecular weight is 509 g/mol. The maximum Gasteiger partial charge on any atom is 0.0977 e. The molecule has 2 fully saturated rings. The van der Waals surface area contributed by atoms with Gasteiger partial charge < -0.3 is 14.9 Å². The molecule has 1 aromatic carbocycles. The van der Waals surface area contributed by atoms with E-state index in [1.165, 1.54) is 30.6 Å². The van der Waals surface area contributed by atoms with Crippen LogP contribution in [0.1, 0.15) is 12.0 Å². The second-order valence-electron chi connectivity index (χ2n) is 8.61. The van der Waals surface area contributed by atoms with Gasteiger partial charge >= 0.3 is 0 Å². The van der Waals surface area contributed by atoms with E-state index in [1.54, 1.807) is 0 Å². The highest BCUT2D eigenvalue weighted by atomic mass is 127. The Morgan fingerprint density at radius 2 is 1.83 bits per heavy atom. The molecule has 0 radical (unpaired) electrons. The normalized spacial score (nSPS) is 24.8. The molecule has 0 spiro atoms. The molecular formula is C22H32IN5O. The van der Waals surface area contributed by atoms with Crippen molar-refractivity contribution >= 4 is 22.9 Å². The van der Waals surface area contributed by atoms with E-state index in [9.17, 15) is 5.11 Å². The van der Waals surface area contributed by atoms with Crippen molar-refractivity contribution in [3.63, 3.8) is 0 Å². The smallest absolute Gasteiger partial charge is 0.0977 e. The lowest BCUT2D eigenvalue weighted by atomic mass is 9.96. The molecule has 2 saturated heterocycles. The number of nitrogens with zero attached hydrogens (tertiary/aromatic N) is 5. The average Bonchev–Trinajstić information content (AvgIpc) is 3.21. The largest absolute Gasteiger partial charge is 0.396 e. The lowest BCUT2D eigenvalue weighted by Gasteiger charge is -2.26. The lowest BCUT2D eigenvalue weighted by molar-refractivity contribution is 0.165. The number of aromatic nitrogens is 2. The molecule has 6 nitrogen and oxygen atoms in total. The van der Waals surface area contributed by atoms with Crippen LogP contribution in [-0.4, -0.2) is 87.3 Å². The van der Waals surface area contributed by atoms with Crippen molar-refractivity contribution in [3.05, 3.63) is 42.1 Å². The van der Waals surface area contributed by atoms with E-state index in [-0.39, 0.29) is 6.61 Å². The summed E-state index contributed by atoms with van der Waals surface area (Å²) in [7, 11) is 2.22. The molecule has 2 aliphatic heterocycles. The zero-order chi connectivity index (χ0) is 20.2. The van der Waals surface area contributed by atoms with E-state index >= 15 is 0 Å². The van der Waals surface area contributed by atoms with Crippen molar-refractivity contribution < 1.29 is 5.11 Å². The van der Waals surface area contributed by atoms with Crippen LogP contribution >= 0.6 is 22.9 Å². The zero-order valence-electron chi connectivity index (χ0n) is 17.3. The topological polar surface area (TPSA) is 47.8 Å². The van der Waals surface area contributed by atoms with Crippen LogP contribution < -0.4 is 0 Å². The molecule has 2 atom stereocenters. The summed E-state index contributed by atoms with van der Waals surface area (Å²) in [6.45, 7) is 8.97. The van der Waals surface area contributed by atoms with E-state index in [4.69, 9.17) is 5.10 Å². The fraction of sp³-hybridized carbons (Fsp3) is 0.591. The van der Waals surface area contributed by atoms with Gasteiger partial charge in [0.2, 0.25) is 0 Å². The minimum absolute atomic E-state index is 0.284. The Hall–Kier alpha value is -1.00. The van der Waals surface area contributed by atoms with Crippen molar-refractivity contribution in [1.29, 1.82) is 0 Å². The number of aliphatic hydroxyl groups excluding tert-OH is 1. The number of halogens is 1. The maximum atomic E-state index is 10.0. The number of hydrogen-bond acceptors (Lipinski definition) is 5. The summed E-state index contributed by atoms with van der Waals surface area (Å²) < 4.78 is 1.89. The van der Waals surface area contributed by atoms with Gasteiger partial charge in [-0.2, -0.15) is 5.10 Å². The summed E-state index contributed by atoms with van der Waals surface area (Å²) in [6.07, 6.45) is 3.38. The molecule has 2 unspecified atom stereocenters. The van der Waals surface area contributed by atoms with E-state index in [0.717, 1.165) is 45.0 Å². The number of likely N-dealkylation sites (N-methyl/N-ethyl adjacent to an activating group) is 1. The van der Waals surface area contributed by atoms with Crippen LogP contribution in [0.5, 0.6) is 0 Å². The van der Waals surface area contributed by atoms with Crippen LogP contribution in [0.15, 0.2) is 36.5 Å². The molecule has 1 aromatic heterocycles. The Kier molecular flexibility index (Phi) is 7.23. The first-order chi connectivity index (χ1) is 14.1. The molecule has 2 aromatic rings. The highest BCUT2D eigenvalue weighted by Crippen LogP contribution is 2.29. The van der Waals surface area contributed by atoms with Crippen LogP contribution in [0, 0.1) is 11.8 Å². The second kappa shape index (κ2) is 9.87. The summed E-state index contributed by atoms with van der Waals surface area (Å²) in [5.41, 5.74) is 3.50. The van der Waals surface area contributed by atoms with Gasteiger partial charge in [0.05, 0.1) is 28.6 Å². The number of likely N-dealkylation sites (tertiary alicyclic amines) is 1. The Bertz CT molecular complexity index is 783. The third-order valence-corrected chi connectivity index (χ3v) is 6.89. The third-order valence-electron chi connectivity index (χ3n) is 6.39. The third kappa shape index (κ3) is 5.38. The molecular weight excluding hydrogens is 477 g/mol. The highest BCUT2D eigenvalue weighted by molar-refractivity contribution is 14.1. The molecule has 0 amide bonds. The van der Waals surface area contributed by atoms with Crippen molar-refractivity contribution in [3.8, 4) is 11.3 Å². The van der Waals surface area contributed by atoms with E-state index in [2.05, 4.69) is 75.1 Å². The van der Waals surface area contributed by atoms with Gasteiger partial charge in [0, 0.05) is 63.2 Å². The molecule has 7 heteroatoms. The number of aliphatic hydroxyl groups is 1. The van der Waals surface area contributed by atoms with Crippen LogP contribution in [0.2, 0.25) is 0 Å². The van der Waals surface area contributed by atoms with Gasteiger partial charge in [-0.3, -0.25) is 4.90 Å². The fourth-order valence-corrected chi connectivity index (χ4v) is 5.32. The van der Waals surface area contributed by atoms with Gasteiger partial charge in [-0.05, 0) is 38.4 Å². The molecule has 0 bridgehead atoms. The van der Waals surface area contributed by atoms with Crippen LogP contribution in [0.4, 0.5) is 0 Å². The summed E-state index contributed by atoms with van der Waals surface area (Å²) in [5, 5.41) is 14.7. The number of benzene rings is 1. The molecule has 4 rings (SSSR count). The number of rotatable bonds is 6. The first-order valence-electron chi connectivity index (χ1n) is 10.7. The van der Waals surface area contributed by atoms with Crippen LogP contribution in [0.25, 0.3) is 11.3 Å². The van der Waals surface area contributed by atoms with Gasteiger partial charge in [0.25, 0.3) is 0 Å². The van der Waals surface area contributed by atoms with Gasteiger partial charge in [-0.15, -0.1) is 0 Å². The zero-order valence-corrected chi connectivity index (χ0v) is 19.4. The first kappa shape index (κ1) is 21.2. The number of hydrogen-bond donors (Lipinski definition) is 1. The summed E-state index contributed by atoms with van der Waals surface area (Å²) in [4.78, 5) is 7.55. The SMILES string of the molecule is CN1CCCN(CC2CN(Cc3cn(I)nc3-c3ccccc3)CC2CO)CC1.